The van der Waals surface area contributed by atoms with Gasteiger partial charge < -0.3 is 15.0 Å². The highest BCUT2D eigenvalue weighted by molar-refractivity contribution is 6.39. The third-order valence-corrected chi connectivity index (χ3v) is 6.76. The molecule has 7 aromatic rings. The number of hydrogen-bond acceptors (Lipinski definition) is 3. The number of carboxylic acids is 2. The van der Waals surface area contributed by atoms with Crippen LogP contribution in [0.1, 0.15) is 20.7 Å². The van der Waals surface area contributed by atoms with E-state index in [0.717, 1.165) is 64.6 Å². The zero-order valence-electron chi connectivity index (χ0n) is 16.6. The molecule has 0 bridgehead atoms. The van der Waals surface area contributed by atoms with E-state index in [1.54, 1.807) is 24.3 Å². The largest absolute Gasteiger partial charge is 0.545 e. The van der Waals surface area contributed by atoms with Crippen LogP contribution in [0.2, 0.25) is 0 Å². The molecule has 4 heteroatoms. The number of rotatable bonds is 2. The molecule has 0 aliphatic rings. The first-order chi connectivity index (χ1) is 15.5. The van der Waals surface area contributed by atoms with Crippen molar-refractivity contribution < 1.29 is 19.8 Å². The maximum Gasteiger partial charge on any atom is 0.335 e. The molecular weight excluding hydrogens is 400 g/mol. The lowest BCUT2D eigenvalue weighted by Gasteiger charge is -2.19. The summed E-state index contributed by atoms with van der Waals surface area (Å²) in [4.78, 5) is 23.1. The predicted molar refractivity (Wildman–Crippen MR) is 125 cm³/mol. The fourth-order valence-corrected chi connectivity index (χ4v) is 5.47. The fourth-order valence-electron chi connectivity index (χ4n) is 5.47. The summed E-state index contributed by atoms with van der Waals surface area (Å²) in [5.41, 5.74) is 0.452. The van der Waals surface area contributed by atoms with Crippen molar-refractivity contribution in [1.29, 1.82) is 0 Å². The zero-order chi connectivity index (χ0) is 21.7. The van der Waals surface area contributed by atoms with Crippen molar-refractivity contribution in [2.24, 2.45) is 0 Å². The Morgan fingerprint density at radius 1 is 0.531 bits per heavy atom. The van der Waals surface area contributed by atoms with Gasteiger partial charge in [0.25, 0.3) is 0 Å². The highest BCUT2D eigenvalue weighted by Crippen LogP contribution is 2.45. The first-order valence-corrected chi connectivity index (χ1v) is 10.3. The smallest absolute Gasteiger partial charge is 0.335 e. The number of carboxylic acid groups (broad SMARTS) is 2. The molecule has 150 valence electrons. The molecule has 0 atom stereocenters. The molecule has 0 fully saturated rings. The molecule has 0 amide bonds. The van der Waals surface area contributed by atoms with Crippen LogP contribution in [0.5, 0.6) is 0 Å². The van der Waals surface area contributed by atoms with Gasteiger partial charge in [0.05, 0.1) is 11.5 Å². The molecule has 0 unspecified atom stereocenters. The van der Waals surface area contributed by atoms with Crippen LogP contribution in [-0.4, -0.2) is 17.0 Å². The van der Waals surface area contributed by atoms with Crippen molar-refractivity contribution in [3.63, 3.8) is 0 Å². The minimum atomic E-state index is -1.18. The molecule has 0 spiro atoms. The summed E-state index contributed by atoms with van der Waals surface area (Å²) in [5.74, 6) is -2.12. The van der Waals surface area contributed by atoms with Crippen molar-refractivity contribution in [3.8, 4) is 0 Å². The van der Waals surface area contributed by atoms with Gasteiger partial charge in [0, 0.05) is 0 Å². The quantitative estimate of drug-likeness (QED) is 0.298. The summed E-state index contributed by atoms with van der Waals surface area (Å²) in [6.45, 7) is 0. The van der Waals surface area contributed by atoms with Gasteiger partial charge in [0.2, 0.25) is 0 Å². The lowest BCUT2D eigenvalue weighted by atomic mass is 9.85. The van der Waals surface area contributed by atoms with E-state index in [9.17, 15) is 19.8 Å². The first-order valence-electron chi connectivity index (χ1n) is 10.3. The van der Waals surface area contributed by atoms with Crippen molar-refractivity contribution >= 4 is 76.6 Å². The van der Waals surface area contributed by atoms with Crippen molar-refractivity contribution in [1.82, 2.24) is 0 Å². The van der Waals surface area contributed by atoms with Gasteiger partial charge in [0.15, 0.2) is 0 Å². The number of benzene rings is 7. The number of hydrogen-bond donors (Lipinski definition) is 1. The van der Waals surface area contributed by atoms with E-state index in [-0.39, 0.29) is 11.1 Å². The zero-order valence-corrected chi connectivity index (χ0v) is 16.6. The highest BCUT2D eigenvalue weighted by atomic mass is 16.4. The number of aromatic carboxylic acids is 2. The van der Waals surface area contributed by atoms with Gasteiger partial charge in [-0.05, 0) is 94.5 Å². The van der Waals surface area contributed by atoms with Crippen LogP contribution in [0.4, 0.5) is 0 Å². The Hall–Kier alpha value is -4.44. The number of carbonyl (C=O) groups excluding carboxylic acids is 1. The van der Waals surface area contributed by atoms with Gasteiger partial charge in [-0.25, -0.2) is 4.79 Å². The Morgan fingerprint density at radius 2 is 0.875 bits per heavy atom. The maximum absolute atomic E-state index is 11.6. The van der Waals surface area contributed by atoms with E-state index in [2.05, 4.69) is 24.3 Å². The fraction of sp³-hybridized carbons (Fsp3) is 0. The third kappa shape index (κ3) is 2.01. The van der Waals surface area contributed by atoms with Crippen LogP contribution < -0.4 is 5.11 Å². The summed E-state index contributed by atoms with van der Waals surface area (Å²) in [7, 11) is 0. The summed E-state index contributed by atoms with van der Waals surface area (Å²) in [6.07, 6.45) is 0. The molecule has 1 N–H and O–H groups in total. The van der Waals surface area contributed by atoms with Gasteiger partial charge in [-0.2, -0.15) is 0 Å². The molecular formula is C28H13O4-. The molecule has 4 nitrogen and oxygen atoms in total. The third-order valence-electron chi connectivity index (χ3n) is 6.76. The molecule has 32 heavy (non-hydrogen) atoms. The molecule has 7 rings (SSSR count). The lowest BCUT2D eigenvalue weighted by Crippen LogP contribution is -2.22. The van der Waals surface area contributed by atoms with E-state index < -0.39 is 11.9 Å². The van der Waals surface area contributed by atoms with E-state index in [1.165, 1.54) is 0 Å². The van der Waals surface area contributed by atoms with E-state index in [1.807, 2.05) is 24.3 Å². The normalized spacial score (nSPS) is 12.2. The number of carbonyl (C=O) groups is 2. The topological polar surface area (TPSA) is 77.4 Å². The molecule has 0 aliphatic heterocycles. The molecule has 0 heterocycles. The Labute approximate surface area is 180 Å². The van der Waals surface area contributed by atoms with Crippen LogP contribution in [0.15, 0.2) is 72.8 Å². The Bertz CT molecular complexity index is 1670. The highest BCUT2D eigenvalue weighted by Gasteiger charge is 2.18. The monoisotopic (exact) mass is 413 g/mol. The molecule has 0 aromatic heterocycles. The summed E-state index contributed by atoms with van der Waals surface area (Å²) >= 11 is 0. The van der Waals surface area contributed by atoms with Crippen molar-refractivity contribution in [2.75, 3.05) is 0 Å². The number of fused-ring (bicyclic) bond motifs is 2. The summed E-state index contributed by atoms with van der Waals surface area (Å²) in [5, 5.41) is 33.3. The van der Waals surface area contributed by atoms with E-state index in [0.29, 0.717) is 0 Å². The average molecular weight is 413 g/mol. The van der Waals surface area contributed by atoms with Crippen LogP contribution in [0.3, 0.4) is 0 Å². The Balaban J connectivity index is 1.74. The van der Waals surface area contributed by atoms with Gasteiger partial charge in [-0.3, -0.25) is 0 Å². The summed E-state index contributed by atoms with van der Waals surface area (Å²) in [6, 6.07) is 23.0. The van der Waals surface area contributed by atoms with Gasteiger partial charge in [0.1, 0.15) is 0 Å². The predicted octanol–water partition coefficient (Wildman–Crippen LogP) is 5.54. The molecule has 7 aromatic carbocycles. The Morgan fingerprint density at radius 3 is 1.19 bits per heavy atom. The van der Waals surface area contributed by atoms with Crippen molar-refractivity contribution in [2.45, 2.75) is 0 Å². The maximum atomic E-state index is 11.6. The second kappa shape index (κ2) is 5.62. The lowest BCUT2D eigenvalue weighted by molar-refractivity contribution is -0.255. The molecule has 0 radical (unpaired) electrons. The minimum Gasteiger partial charge on any atom is -0.545 e. The van der Waals surface area contributed by atoms with Gasteiger partial charge in [-0.15, -0.1) is 0 Å². The first kappa shape index (κ1) is 17.3. The van der Waals surface area contributed by atoms with Crippen LogP contribution in [-0.2, 0) is 0 Å². The second-order valence-corrected chi connectivity index (χ2v) is 8.39. The van der Waals surface area contributed by atoms with Crippen LogP contribution in [0, 0.1) is 0 Å². The standard InChI is InChI=1S/C28H14O4/c29-27(30)17-9-13-1-5-19-20-6-3-15-11-18(28(31)32)12-16-4-8-22(26(20)24(15)16)21-7-2-14(10-17)23(13)25(19)21/h1-12H,(H,29,30)(H,31,32)/p-1. The van der Waals surface area contributed by atoms with Crippen LogP contribution >= 0.6 is 0 Å². The van der Waals surface area contributed by atoms with Crippen LogP contribution in [0.25, 0.3) is 64.6 Å². The minimum absolute atomic E-state index is 0.173. The average Bonchev–Trinajstić information content (AvgIpc) is 2.80. The van der Waals surface area contributed by atoms with E-state index in [4.69, 9.17) is 0 Å². The summed E-state index contributed by atoms with van der Waals surface area (Å²) < 4.78 is 0. The molecule has 0 saturated heterocycles. The van der Waals surface area contributed by atoms with Crippen molar-refractivity contribution in [3.05, 3.63) is 83.9 Å². The molecule has 0 saturated carbocycles. The second-order valence-electron chi connectivity index (χ2n) is 8.39. The Kier molecular flexibility index (Phi) is 3.03. The molecule has 0 aliphatic carbocycles. The van der Waals surface area contributed by atoms with E-state index >= 15 is 0 Å². The SMILES string of the molecule is O=C([O-])c1cc2ccc3c4ccc5cc(C(=O)O)cc6ccc(c7ccc(c1)c2c37)c4c56. The van der Waals surface area contributed by atoms with Gasteiger partial charge in [-0.1, -0.05) is 48.5 Å². The van der Waals surface area contributed by atoms with Gasteiger partial charge >= 0.3 is 5.97 Å².